The first-order chi connectivity index (χ1) is 13.0. The second-order valence-corrected chi connectivity index (χ2v) is 7.43. The zero-order chi connectivity index (χ0) is 19.6. The lowest BCUT2D eigenvalue weighted by Crippen LogP contribution is -2.17. The zero-order valence-electron chi connectivity index (χ0n) is 16.1. The van der Waals surface area contributed by atoms with Gasteiger partial charge in [0, 0.05) is 35.5 Å². The number of amides is 1. The molecule has 0 radical (unpaired) electrons. The number of unbranched alkanes of at least 4 members (excludes halogenated alkanes) is 2. The molecule has 27 heavy (non-hydrogen) atoms. The van der Waals surface area contributed by atoms with E-state index in [1.807, 2.05) is 43.5 Å². The summed E-state index contributed by atoms with van der Waals surface area (Å²) < 4.78 is 4.62. The molecule has 2 rings (SSSR count). The average molecular weight is 390 g/mol. The van der Waals surface area contributed by atoms with Gasteiger partial charge in [-0.3, -0.25) is 9.59 Å². The van der Waals surface area contributed by atoms with Gasteiger partial charge in [-0.05, 0) is 25.0 Å². The fourth-order valence-electron chi connectivity index (χ4n) is 2.37. The van der Waals surface area contributed by atoms with E-state index in [9.17, 15) is 9.59 Å². The Morgan fingerprint density at radius 3 is 2.56 bits per heavy atom. The van der Waals surface area contributed by atoms with Crippen molar-refractivity contribution in [3.05, 3.63) is 29.6 Å². The maximum Gasteiger partial charge on any atom is 0.305 e. The predicted octanol–water partition coefficient (Wildman–Crippen LogP) is 4.55. The van der Waals surface area contributed by atoms with Crippen LogP contribution >= 0.6 is 11.3 Å². The van der Waals surface area contributed by atoms with Gasteiger partial charge in [0.15, 0.2) is 5.13 Å². The molecule has 0 unspecified atom stereocenters. The molecule has 0 atom stereocenters. The average Bonchev–Trinajstić information content (AvgIpc) is 3.13. The Morgan fingerprint density at radius 2 is 1.89 bits per heavy atom. The first-order valence-corrected chi connectivity index (χ1v) is 10.0. The number of thiazole rings is 1. The normalized spacial score (nSPS) is 10.7. The van der Waals surface area contributed by atoms with E-state index >= 15 is 0 Å². The Bertz CT molecular complexity index is 741. The van der Waals surface area contributed by atoms with Crippen molar-refractivity contribution in [2.45, 2.75) is 39.5 Å². The second-order valence-electron chi connectivity index (χ2n) is 6.57. The minimum atomic E-state index is -0.151. The van der Waals surface area contributed by atoms with Gasteiger partial charge in [-0.2, -0.15) is 0 Å². The summed E-state index contributed by atoms with van der Waals surface area (Å²) >= 11 is 1.57. The minimum absolute atomic E-state index is 0.00878. The molecule has 1 amide bonds. The number of carbonyl (C=O) groups excluding carboxylic acids is 2. The van der Waals surface area contributed by atoms with Crippen LogP contribution in [-0.4, -0.2) is 30.5 Å². The Kier molecular flexibility index (Phi) is 8.26. The summed E-state index contributed by atoms with van der Waals surface area (Å²) in [6.45, 7) is 4.56. The lowest BCUT2D eigenvalue weighted by atomic mass is 10.1. The van der Waals surface area contributed by atoms with Gasteiger partial charge >= 0.3 is 5.97 Å². The highest BCUT2D eigenvalue weighted by Crippen LogP contribution is 2.26. The summed E-state index contributed by atoms with van der Waals surface area (Å²) in [5.74, 6) is -0.186. The number of rotatable bonds is 10. The van der Waals surface area contributed by atoms with Crippen molar-refractivity contribution in [1.29, 1.82) is 0 Å². The van der Waals surface area contributed by atoms with Crippen molar-refractivity contribution in [2.24, 2.45) is 5.92 Å². The number of nitrogens with zero attached hydrogens (tertiary/aromatic N) is 1. The molecule has 0 fully saturated rings. The Balaban J connectivity index is 1.78. The molecule has 0 spiro atoms. The Labute approximate surface area is 164 Å². The summed E-state index contributed by atoms with van der Waals surface area (Å²) in [4.78, 5) is 27.4. The molecular weight excluding hydrogens is 362 g/mol. The molecule has 0 bridgehead atoms. The van der Waals surface area contributed by atoms with Crippen molar-refractivity contribution >= 4 is 34.0 Å². The maximum atomic E-state index is 11.7. The number of nitrogens with one attached hydrogen (secondary N) is 2. The van der Waals surface area contributed by atoms with Crippen LogP contribution in [0.1, 0.15) is 39.5 Å². The lowest BCUT2D eigenvalue weighted by molar-refractivity contribution is -0.140. The van der Waals surface area contributed by atoms with Crippen LogP contribution in [0.2, 0.25) is 0 Å². The third-order valence-corrected chi connectivity index (χ3v) is 4.84. The monoisotopic (exact) mass is 389 g/mol. The number of esters is 1. The van der Waals surface area contributed by atoms with Crippen LogP contribution in [0.5, 0.6) is 0 Å². The summed E-state index contributed by atoms with van der Waals surface area (Å²) in [5.41, 5.74) is 2.72. The molecule has 0 aliphatic carbocycles. The summed E-state index contributed by atoms with van der Waals surface area (Å²) in [6, 6.07) is 7.70. The number of methoxy groups -OCH3 is 1. The van der Waals surface area contributed by atoms with Crippen LogP contribution in [0.4, 0.5) is 10.8 Å². The fraction of sp³-hybridized carbons (Fsp3) is 0.450. The number of carbonyl (C=O) groups is 2. The third-order valence-electron chi connectivity index (χ3n) is 4.04. The van der Waals surface area contributed by atoms with Crippen molar-refractivity contribution in [3.63, 3.8) is 0 Å². The number of anilines is 2. The highest BCUT2D eigenvalue weighted by molar-refractivity contribution is 7.14. The van der Waals surface area contributed by atoms with Gasteiger partial charge in [-0.25, -0.2) is 4.98 Å². The highest BCUT2D eigenvalue weighted by Gasteiger charge is 2.08. The van der Waals surface area contributed by atoms with E-state index in [1.165, 1.54) is 7.11 Å². The van der Waals surface area contributed by atoms with Crippen molar-refractivity contribution < 1.29 is 14.3 Å². The maximum absolute atomic E-state index is 11.7. The van der Waals surface area contributed by atoms with E-state index in [2.05, 4.69) is 20.4 Å². The quantitative estimate of drug-likeness (QED) is 0.460. The standard InChI is InChI=1S/C20H27N3O3S/c1-14(2)19(25)22-16-10-8-15(9-11-16)17-13-27-20(23-17)21-12-6-4-5-7-18(24)26-3/h8-11,13-14H,4-7,12H2,1-3H3,(H,21,23)(H,22,25). The molecule has 146 valence electrons. The lowest BCUT2D eigenvalue weighted by Gasteiger charge is -2.08. The molecule has 2 aromatic rings. The molecule has 0 aliphatic heterocycles. The van der Waals surface area contributed by atoms with Gasteiger partial charge in [0.25, 0.3) is 0 Å². The number of ether oxygens (including phenoxy) is 1. The predicted molar refractivity (Wildman–Crippen MR) is 110 cm³/mol. The van der Waals surface area contributed by atoms with Crippen molar-refractivity contribution in [3.8, 4) is 11.3 Å². The van der Waals surface area contributed by atoms with E-state index in [1.54, 1.807) is 11.3 Å². The topological polar surface area (TPSA) is 80.3 Å². The molecule has 0 aliphatic rings. The molecule has 1 aromatic heterocycles. The number of hydrogen-bond donors (Lipinski definition) is 2. The van der Waals surface area contributed by atoms with Crippen LogP contribution in [0, 0.1) is 5.92 Å². The third kappa shape index (κ3) is 7.02. The van der Waals surface area contributed by atoms with E-state index in [0.29, 0.717) is 6.42 Å². The van der Waals surface area contributed by atoms with Crippen molar-refractivity contribution in [2.75, 3.05) is 24.3 Å². The first-order valence-electron chi connectivity index (χ1n) is 9.17. The Morgan fingerprint density at radius 1 is 1.15 bits per heavy atom. The van der Waals surface area contributed by atoms with Crippen LogP contribution in [0.15, 0.2) is 29.6 Å². The van der Waals surface area contributed by atoms with Crippen LogP contribution in [0.3, 0.4) is 0 Å². The van der Waals surface area contributed by atoms with Gasteiger partial charge < -0.3 is 15.4 Å². The van der Waals surface area contributed by atoms with E-state index in [4.69, 9.17) is 0 Å². The molecular formula is C20H27N3O3S. The van der Waals surface area contributed by atoms with Gasteiger partial charge in [0.2, 0.25) is 5.91 Å². The Hall–Kier alpha value is -2.41. The molecule has 0 saturated heterocycles. The van der Waals surface area contributed by atoms with Gasteiger partial charge in [0.05, 0.1) is 12.8 Å². The van der Waals surface area contributed by atoms with Crippen molar-refractivity contribution in [1.82, 2.24) is 4.98 Å². The SMILES string of the molecule is COC(=O)CCCCCNc1nc(-c2ccc(NC(=O)C(C)C)cc2)cs1. The zero-order valence-corrected chi connectivity index (χ0v) is 16.9. The fourth-order valence-corrected chi connectivity index (χ4v) is 3.12. The molecule has 1 aromatic carbocycles. The van der Waals surface area contributed by atoms with E-state index in [-0.39, 0.29) is 17.8 Å². The molecule has 1 heterocycles. The second kappa shape index (κ2) is 10.7. The summed E-state index contributed by atoms with van der Waals surface area (Å²) in [6.07, 6.45) is 3.28. The summed E-state index contributed by atoms with van der Waals surface area (Å²) in [7, 11) is 1.42. The van der Waals surface area contributed by atoms with Gasteiger partial charge in [-0.15, -0.1) is 11.3 Å². The van der Waals surface area contributed by atoms with E-state index < -0.39 is 0 Å². The highest BCUT2D eigenvalue weighted by atomic mass is 32.1. The summed E-state index contributed by atoms with van der Waals surface area (Å²) in [5, 5.41) is 9.10. The molecule has 2 N–H and O–H groups in total. The van der Waals surface area contributed by atoms with Crippen LogP contribution < -0.4 is 10.6 Å². The van der Waals surface area contributed by atoms with Gasteiger partial charge in [-0.1, -0.05) is 32.4 Å². The van der Waals surface area contributed by atoms with E-state index in [0.717, 1.165) is 47.9 Å². The minimum Gasteiger partial charge on any atom is -0.469 e. The number of hydrogen-bond acceptors (Lipinski definition) is 6. The smallest absolute Gasteiger partial charge is 0.305 e. The van der Waals surface area contributed by atoms with Crippen LogP contribution in [-0.2, 0) is 14.3 Å². The number of benzene rings is 1. The first kappa shape index (κ1) is 20.9. The number of aromatic nitrogens is 1. The molecule has 7 heteroatoms. The largest absolute Gasteiger partial charge is 0.469 e. The molecule has 0 saturated carbocycles. The van der Waals surface area contributed by atoms with Gasteiger partial charge in [0.1, 0.15) is 0 Å². The molecule has 6 nitrogen and oxygen atoms in total. The van der Waals surface area contributed by atoms with Crippen LogP contribution in [0.25, 0.3) is 11.3 Å².